The largest absolute Gasteiger partial charge is 0.355 e. The Morgan fingerprint density at radius 3 is 0.706 bits per heavy atom. The van der Waals surface area contributed by atoms with Gasteiger partial charge in [-0.1, -0.05) is 572 Å². The molecule has 20 rings (SSSR count). The minimum atomic E-state index is -0.536. The lowest BCUT2D eigenvalue weighted by Crippen LogP contribution is -2.76. The van der Waals surface area contributed by atoms with E-state index in [0.29, 0.717) is 71.0 Å². The van der Waals surface area contributed by atoms with E-state index < -0.39 is 5.41 Å². The molecule has 0 aliphatic carbocycles. The molecule has 4 heterocycles. The van der Waals surface area contributed by atoms with E-state index in [1.807, 2.05) is 0 Å². The average Bonchev–Trinajstić information content (AvgIpc) is 0.730. The summed E-state index contributed by atoms with van der Waals surface area (Å²) in [6.45, 7) is 57.5. The van der Waals surface area contributed by atoms with Gasteiger partial charge in [-0.25, -0.2) is 0 Å². The minimum Gasteiger partial charge on any atom is -0.355 e. The van der Waals surface area contributed by atoms with Gasteiger partial charge in [0.1, 0.15) is 0 Å². The third kappa shape index (κ3) is 18.8. The Hall–Kier alpha value is -12.1. The van der Waals surface area contributed by atoms with Crippen molar-refractivity contribution in [2.24, 2.45) is 0 Å². The predicted molar refractivity (Wildman–Crippen MR) is 637 cm³/mol. The molecule has 143 heavy (non-hydrogen) atoms. The van der Waals surface area contributed by atoms with E-state index in [9.17, 15) is 0 Å². The van der Waals surface area contributed by atoms with E-state index >= 15 is 0 Å². The molecule has 16 aromatic carbocycles. The van der Waals surface area contributed by atoms with Crippen LogP contribution in [0, 0.1) is 0 Å². The Morgan fingerprint density at radius 1 is 0.217 bits per heavy atom. The third-order valence-corrected chi connectivity index (χ3v) is 32.1. The van der Waals surface area contributed by atoms with Gasteiger partial charge >= 0.3 is 0 Å². The molecule has 4 aliphatic rings. The number of para-hydroxylation sites is 4. The van der Waals surface area contributed by atoms with Gasteiger partial charge in [0.25, 0.3) is 0 Å². The second kappa shape index (κ2) is 43.0. The van der Waals surface area contributed by atoms with Crippen LogP contribution in [0.4, 0.5) is 28.4 Å². The Morgan fingerprint density at radius 2 is 0.434 bits per heavy atom. The van der Waals surface area contributed by atoms with E-state index in [1.165, 1.54) is 205 Å². The minimum absolute atomic E-state index is 0. The first-order valence-electron chi connectivity index (χ1n) is 52.8. The van der Waals surface area contributed by atoms with Crippen molar-refractivity contribution < 1.29 is 1.43 Å². The maximum atomic E-state index is 3.93. The molecule has 0 bridgehead atoms. The van der Waals surface area contributed by atoms with Crippen LogP contribution >= 0.6 is 15.9 Å². The number of anilines is 5. The van der Waals surface area contributed by atoms with Gasteiger partial charge in [-0.3, -0.25) is 0 Å². The lowest BCUT2D eigenvalue weighted by molar-refractivity contribution is 0.731. The summed E-state index contributed by atoms with van der Waals surface area (Å²) in [5.74, 6) is 5.01. The normalized spacial score (nSPS) is 13.5. The molecular weight excluding hydrogens is 1780 g/mol. The van der Waals surface area contributed by atoms with Gasteiger partial charge in [0, 0.05) is 23.0 Å². The highest BCUT2D eigenvalue weighted by Crippen LogP contribution is 2.59. The van der Waals surface area contributed by atoms with E-state index in [4.69, 9.17) is 0 Å². The van der Waals surface area contributed by atoms with Crippen LogP contribution in [0.1, 0.15) is 365 Å². The van der Waals surface area contributed by atoms with Crippen LogP contribution in [0.5, 0.6) is 0 Å². The van der Waals surface area contributed by atoms with Crippen molar-refractivity contribution in [3.63, 3.8) is 0 Å². The van der Waals surface area contributed by atoms with E-state index in [2.05, 4.69) is 544 Å². The molecule has 2 nitrogen and oxygen atoms in total. The van der Waals surface area contributed by atoms with Crippen LogP contribution in [0.15, 0.2) is 356 Å². The Kier molecular flexibility index (Phi) is 31.2. The lowest BCUT2D eigenvalue weighted by atomic mass is 9.20. The zero-order valence-corrected chi connectivity index (χ0v) is 89.6. The van der Waals surface area contributed by atoms with Crippen LogP contribution < -0.4 is 75.8 Å². The molecule has 0 unspecified atom stereocenters. The van der Waals surface area contributed by atoms with Crippen molar-refractivity contribution in [2.45, 2.75) is 263 Å². The quantitative estimate of drug-likeness (QED) is 0.0722. The highest BCUT2D eigenvalue weighted by molar-refractivity contribution is 9.10. The van der Waals surface area contributed by atoms with Crippen molar-refractivity contribution in [3.05, 3.63) is 468 Å². The van der Waals surface area contributed by atoms with Gasteiger partial charge in [0.05, 0.1) is 22.2 Å². The molecule has 7 heteroatoms. The molecule has 1 N–H and O–H groups in total. The first kappa shape index (κ1) is 104. The van der Waals surface area contributed by atoms with Crippen molar-refractivity contribution in [1.29, 1.82) is 0 Å². The molecule has 0 aromatic heterocycles. The molecule has 0 amide bonds. The number of halogens is 1. The standard InChI is InChI=1S/C67H71B2N.C42H53B2Br.C25H19N.2CH4.H2/c1-42(2)48-37-53(44(5)6)65(54(38-48)45(7)8)68-59-31-21-22-32-60(59)69(66-55(46(9)10)39-49(43(3)4)40-56(66)47(11)12)62-41-52(35-36-61(62)68)70-63-33-23-19-29-57(63)67(50-25-15-13-16-26-50,51-27-17-14-18-28-51)58-30-20-24-34-64(58)70;1-24(2)30-19-33(26(5)6)41(34(20-30)27(7)8)43-37-15-13-14-16-38(37)44(40-23-32(45)17-18-39(40)43)42-35(28(9)10)21-31(25(3)4)22-36(42)29(11)12;1-3-11-19(12-4-1)25(20-13-5-2-6-14-20)21-15-7-9-17-23(21)26-24-18-10-8-16-22(24)25;;;/h13-47H,1-12H3;13-29H,1-12H3;1-18,26H;2*1H4;1H. The lowest BCUT2D eigenvalue weighted by Gasteiger charge is -2.46. The van der Waals surface area contributed by atoms with Crippen molar-refractivity contribution in [3.8, 4) is 0 Å². The van der Waals surface area contributed by atoms with Crippen molar-refractivity contribution >= 4 is 137 Å². The highest BCUT2D eigenvalue weighted by atomic mass is 79.9. The Labute approximate surface area is 872 Å². The topological polar surface area (TPSA) is 15.3 Å². The molecule has 0 atom stereocenters. The second-order valence-electron chi connectivity index (χ2n) is 44.4. The Bertz CT molecular complexity index is 6940. The number of benzene rings is 16. The van der Waals surface area contributed by atoms with Crippen LogP contribution in [-0.4, -0.2) is 26.9 Å². The molecular formula is C136H153B4BrN2. The number of hydrogen-bond donors (Lipinski definition) is 1. The zero-order valence-electron chi connectivity index (χ0n) is 88.0. The second-order valence-corrected chi connectivity index (χ2v) is 45.4. The average molecular weight is 1940 g/mol. The Balaban J connectivity index is 0.000000179. The van der Waals surface area contributed by atoms with E-state index in [1.54, 1.807) is 0 Å². The number of fused-ring (bicyclic) bond motifs is 8. The van der Waals surface area contributed by atoms with Crippen molar-refractivity contribution in [2.75, 3.05) is 10.2 Å². The van der Waals surface area contributed by atoms with Crippen LogP contribution in [0.25, 0.3) is 0 Å². The summed E-state index contributed by atoms with van der Waals surface area (Å²) in [4.78, 5) is 2.59. The van der Waals surface area contributed by atoms with Crippen LogP contribution in [-0.2, 0) is 10.8 Å². The number of nitrogens with zero attached hydrogens (tertiary/aromatic N) is 1. The molecule has 0 saturated heterocycles. The van der Waals surface area contributed by atoms with Crippen LogP contribution in [0.3, 0.4) is 0 Å². The summed E-state index contributed by atoms with van der Waals surface area (Å²) in [6, 6.07) is 134. The molecule has 4 aliphatic heterocycles. The fraction of sp³-hybridized carbons (Fsp3) is 0.294. The summed E-state index contributed by atoms with van der Waals surface area (Å²) in [5.41, 5.74) is 50.6. The smallest absolute Gasteiger partial charge is 0.240 e. The number of nitrogens with one attached hydrogen (secondary N) is 1. The maximum Gasteiger partial charge on any atom is 0.240 e. The molecule has 0 saturated carbocycles. The van der Waals surface area contributed by atoms with E-state index in [0.717, 1.165) is 4.47 Å². The van der Waals surface area contributed by atoms with Gasteiger partial charge in [-0.05, 0) is 225 Å². The van der Waals surface area contributed by atoms with Gasteiger partial charge in [-0.2, -0.15) is 0 Å². The monoisotopic (exact) mass is 1940 g/mol. The fourth-order valence-corrected chi connectivity index (χ4v) is 25.0. The zero-order chi connectivity index (χ0) is 99.5. The molecule has 0 spiro atoms. The summed E-state index contributed by atoms with van der Waals surface area (Å²) < 4.78 is 1.16. The summed E-state index contributed by atoms with van der Waals surface area (Å²) in [5, 5.41) is 3.63. The maximum absolute atomic E-state index is 3.93. The van der Waals surface area contributed by atoms with Gasteiger partial charge in [-0.15, -0.1) is 0 Å². The highest BCUT2D eigenvalue weighted by Gasteiger charge is 2.51. The first-order chi connectivity index (χ1) is 67.9. The van der Waals surface area contributed by atoms with Crippen molar-refractivity contribution in [1.82, 2.24) is 0 Å². The molecule has 16 aromatic rings. The third-order valence-electron chi connectivity index (χ3n) is 31.6. The number of hydrogen-bond acceptors (Lipinski definition) is 2. The molecule has 0 radical (unpaired) electrons. The summed E-state index contributed by atoms with van der Waals surface area (Å²) in [7, 11) is 0. The van der Waals surface area contributed by atoms with E-state index in [-0.39, 0.29) is 48.5 Å². The predicted octanol–water partition coefficient (Wildman–Crippen LogP) is 30.1. The van der Waals surface area contributed by atoms with Crippen LogP contribution in [0.2, 0.25) is 0 Å². The van der Waals surface area contributed by atoms with Gasteiger partial charge < -0.3 is 10.2 Å². The van der Waals surface area contributed by atoms with Gasteiger partial charge in [0.15, 0.2) is 0 Å². The summed E-state index contributed by atoms with van der Waals surface area (Å²) >= 11 is 3.93. The van der Waals surface area contributed by atoms with Gasteiger partial charge in [0.2, 0.25) is 26.9 Å². The molecule has 726 valence electrons. The SMILES string of the molecule is C.C.CC(C)c1cc(C(C)C)c(B2c3ccccc3B(c3c(C(C)C)cc(C(C)C)cc3C(C)C)c3cc(Br)ccc32)c(C(C)C)c1.CC(C)c1cc(C(C)C)c(B2c3ccccc3B(c3c(C(C)C)cc(C(C)C)cc3C(C)C)c3cc(N4c5ccccc5C(c5ccccc5)(c5ccccc5)c5ccccc54)ccc32)c(C(C)C)c1.[HH].c1ccc(C2(c3ccccc3)c3ccccc3Nc3ccccc32)cc1. The first-order valence-corrected chi connectivity index (χ1v) is 53.6. The summed E-state index contributed by atoms with van der Waals surface area (Å²) in [6.07, 6.45) is 0. The molecule has 0 fully saturated rings. The fourth-order valence-electron chi connectivity index (χ4n) is 24.6. The number of rotatable bonds is 21.